The Hall–Kier alpha value is -1.14. The SMILES string of the molecule is Cl.O=C(CCN1C(=O)CCC1=O)NCCNC1CCCCCC1. The van der Waals surface area contributed by atoms with Crippen LogP contribution in [0, 0.1) is 0 Å². The average Bonchev–Trinajstić information content (AvgIpc) is 2.71. The zero-order chi connectivity index (χ0) is 15.8. The molecule has 0 aromatic carbocycles. The number of carbonyl (C=O) groups is 3. The maximum Gasteiger partial charge on any atom is 0.229 e. The average molecular weight is 346 g/mol. The highest BCUT2D eigenvalue weighted by atomic mass is 35.5. The lowest BCUT2D eigenvalue weighted by Crippen LogP contribution is -2.38. The van der Waals surface area contributed by atoms with Gasteiger partial charge in [0.1, 0.15) is 0 Å². The summed E-state index contributed by atoms with van der Waals surface area (Å²) in [6, 6.07) is 0.583. The standard InChI is InChI=1S/C16H27N3O3.ClH/c20-14(9-12-19-15(21)7-8-16(19)22)18-11-10-17-13-5-3-1-2-4-6-13;/h13,17H,1-12H2,(H,18,20);1H. The molecule has 2 fully saturated rings. The summed E-state index contributed by atoms with van der Waals surface area (Å²) in [7, 11) is 0. The molecule has 2 rings (SSSR count). The van der Waals surface area contributed by atoms with Crippen LogP contribution < -0.4 is 10.6 Å². The van der Waals surface area contributed by atoms with E-state index >= 15 is 0 Å². The van der Waals surface area contributed by atoms with Gasteiger partial charge in [0.05, 0.1) is 0 Å². The first-order valence-electron chi connectivity index (χ1n) is 8.50. The number of halogens is 1. The van der Waals surface area contributed by atoms with Crippen LogP contribution in [0.3, 0.4) is 0 Å². The molecule has 23 heavy (non-hydrogen) atoms. The first-order chi connectivity index (χ1) is 10.7. The number of nitrogens with one attached hydrogen (secondary N) is 2. The topological polar surface area (TPSA) is 78.5 Å². The first-order valence-corrected chi connectivity index (χ1v) is 8.50. The van der Waals surface area contributed by atoms with Gasteiger partial charge in [-0.15, -0.1) is 12.4 Å². The molecule has 6 nitrogen and oxygen atoms in total. The number of carbonyl (C=O) groups excluding carboxylic acids is 3. The fraction of sp³-hybridized carbons (Fsp3) is 0.812. The molecule has 1 aliphatic heterocycles. The van der Waals surface area contributed by atoms with Crippen LogP contribution in [0.4, 0.5) is 0 Å². The lowest BCUT2D eigenvalue weighted by atomic mass is 10.1. The monoisotopic (exact) mass is 345 g/mol. The fourth-order valence-corrected chi connectivity index (χ4v) is 3.14. The van der Waals surface area contributed by atoms with Gasteiger partial charge in [0.15, 0.2) is 0 Å². The summed E-state index contributed by atoms with van der Waals surface area (Å²) < 4.78 is 0. The highest BCUT2D eigenvalue weighted by Gasteiger charge is 2.28. The van der Waals surface area contributed by atoms with Crippen LogP contribution in [-0.4, -0.2) is 48.3 Å². The largest absolute Gasteiger partial charge is 0.355 e. The predicted molar refractivity (Wildman–Crippen MR) is 90.3 cm³/mol. The molecule has 1 heterocycles. The van der Waals surface area contributed by atoms with E-state index in [2.05, 4.69) is 10.6 Å². The normalized spacial score (nSPS) is 19.4. The van der Waals surface area contributed by atoms with Crippen molar-refractivity contribution in [3.63, 3.8) is 0 Å². The van der Waals surface area contributed by atoms with Gasteiger partial charge in [-0.25, -0.2) is 0 Å². The van der Waals surface area contributed by atoms with E-state index in [1.807, 2.05) is 0 Å². The minimum atomic E-state index is -0.159. The molecule has 1 saturated heterocycles. The van der Waals surface area contributed by atoms with E-state index in [9.17, 15) is 14.4 Å². The van der Waals surface area contributed by atoms with Crippen molar-refractivity contribution in [2.24, 2.45) is 0 Å². The van der Waals surface area contributed by atoms with E-state index < -0.39 is 0 Å². The fourth-order valence-electron chi connectivity index (χ4n) is 3.14. The molecule has 132 valence electrons. The summed E-state index contributed by atoms with van der Waals surface area (Å²) >= 11 is 0. The molecule has 1 aliphatic carbocycles. The summed E-state index contributed by atoms with van der Waals surface area (Å²) in [6.07, 6.45) is 8.48. The van der Waals surface area contributed by atoms with E-state index in [-0.39, 0.29) is 55.9 Å². The molecular formula is C16H28ClN3O3. The zero-order valence-electron chi connectivity index (χ0n) is 13.6. The Labute approximate surface area is 144 Å². The van der Waals surface area contributed by atoms with Crippen LogP contribution in [0.5, 0.6) is 0 Å². The van der Waals surface area contributed by atoms with Crippen LogP contribution in [0.1, 0.15) is 57.8 Å². The van der Waals surface area contributed by atoms with E-state index in [1.54, 1.807) is 0 Å². The second kappa shape index (κ2) is 10.6. The molecule has 0 aromatic rings. The van der Waals surface area contributed by atoms with Crippen molar-refractivity contribution >= 4 is 30.1 Å². The summed E-state index contributed by atoms with van der Waals surface area (Å²) in [5, 5.41) is 6.34. The molecule has 3 amide bonds. The Balaban J connectivity index is 0.00000264. The van der Waals surface area contributed by atoms with E-state index in [4.69, 9.17) is 0 Å². The molecule has 7 heteroatoms. The van der Waals surface area contributed by atoms with Crippen LogP contribution in [0.15, 0.2) is 0 Å². The van der Waals surface area contributed by atoms with Gasteiger partial charge in [-0.2, -0.15) is 0 Å². The minimum absolute atomic E-state index is 0. The number of hydrogen-bond donors (Lipinski definition) is 2. The third-order valence-corrected chi connectivity index (χ3v) is 4.45. The summed E-state index contributed by atoms with van der Waals surface area (Å²) in [6.45, 7) is 1.58. The number of amides is 3. The third-order valence-electron chi connectivity index (χ3n) is 4.45. The molecular weight excluding hydrogens is 318 g/mol. The van der Waals surface area contributed by atoms with Gasteiger partial charge >= 0.3 is 0 Å². The highest BCUT2D eigenvalue weighted by molar-refractivity contribution is 6.02. The molecule has 0 bridgehead atoms. The van der Waals surface area contributed by atoms with E-state index in [0.717, 1.165) is 6.54 Å². The van der Waals surface area contributed by atoms with Crippen LogP contribution in [0.25, 0.3) is 0 Å². The highest BCUT2D eigenvalue weighted by Crippen LogP contribution is 2.16. The van der Waals surface area contributed by atoms with Gasteiger partial charge in [-0.1, -0.05) is 25.7 Å². The molecule has 2 aliphatic rings. The van der Waals surface area contributed by atoms with Gasteiger partial charge in [0, 0.05) is 44.9 Å². The van der Waals surface area contributed by atoms with E-state index in [0.29, 0.717) is 12.6 Å². The maximum absolute atomic E-state index is 11.7. The van der Waals surface area contributed by atoms with Crippen LogP contribution in [-0.2, 0) is 14.4 Å². The van der Waals surface area contributed by atoms with Gasteiger partial charge < -0.3 is 10.6 Å². The van der Waals surface area contributed by atoms with E-state index in [1.165, 1.54) is 43.4 Å². The van der Waals surface area contributed by atoms with Gasteiger partial charge in [-0.05, 0) is 12.8 Å². The molecule has 0 spiro atoms. The van der Waals surface area contributed by atoms with Crippen LogP contribution in [0.2, 0.25) is 0 Å². The Morgan fingerprint density at radius 3 is 2.22 bits per heavy atom. The van der Waals surface area contributed by atoms with Crippen molar-refractivity contribution in [1.29, 1.82) is 0 Å². The number of imide groups is 1. The molecule has 1 saturated carbocycles. The quantitative estimate of drug-likeness (QED) is 0.415. The molecule has 0 radical (unpaired) electrons. The summed E-state index contributed by atoms with van der Waals surface area (Å²) in [4.78, 5) is 35.8. The van der Waals surface area contributed by atoms with Crippen LogP contribution >= 0.6 is 12.4 Å². The van der Waals surface area contributed by atoms with Crippen molar-refractivity contribution in [3.05, 3.63) is 0 Å². The Morgan fingerprint density at radius 2 is 1.61 bits per heavy atom. The number of rotatable bonds is 7. The number of nitrogens with zero attached hydrogens (tertiary/aromatic N) is 1. The van der Waals surface area contributed by atoms with Crippen molar-refractivity contribution < 1.29 is 14.4 Å². The van der Waals surface area contributed by atoms with Crippen molar-refractivity contribution in [1.82, 2.24) is 15.5 Å². The molecule has 2 N–H and O–H groups in total. The van der Waals surface area contributed by atoms with Crippen molar-refractivity contribution in [2.45, 2.75) is 63.8 Å². The second-order valence-electron chi connectivity index (χ2n) is 6.18. The third kappa shape index (κ3) is 6.87. The lowest BCUT2D eigenvalue weighted by Gasteiger charge is -2.17. The van der Waals surface area contributed by atoms with Crippen molar-refractivity contribution in [2.75, 3.05) is 19.6 Å². The smallest absolute Gasteiger partial charge is 0.229 e. The lowest BCUT2D eigenvalue weighted by molar-refractivity contribution is -0.138. The molecule has 0 aromatic heterocycles. The predicted octanol–water partition coefficient (Wildman–Crippen LogP) is 1.38. The van der Waals surface area contributed by atoms with Gasteiger partial charge in [0.25, 0.3) is 0 Å². The summed E-state index contributed by atoms with van der Waals surface area (Å²) in [5.74, 6) is -0.421. The molecule has 0 unspecified atom stereocenters. The Morgan fingerprint density at radius 1 is 1.00 bits per heavy atom. The summed E-state index contributed by atoms with van der Waals surface area (Å²) in [5.41, 5.74) is 0. The second-order valence-corrected chi connectivity index (χ2v) is 6.18. The van der Waals surface area contributed by atoms with Crippen molar-refractivity contribution in [3.8, 4) is 0 Å². The van der Waals surface area contributed by atoms with Gasteiger partial charge in [-0.3, -0.25) is 19.3 Å². The zero-order valence-corrected chi connectivity index (χ0v) is 14.5. The number of likely N-dealkylation sites (tertiary alicyclic amines) is 1. The minimum Gasteiger partial charge on any atom is -0.355 e. The Kier molecular flexibility index (Phi) is 9.17. The Bertz CT molecular complexity index is 393. The number of hydrogen-bond acceptors (Lipinski definition) is 4. The van der Waals surface area contributed by atoms with Gasteiger partial charge in [0.2, 0.25) is 17.7 Å². The maximum atomic E-state index is 11.7. The first kappa shape index (κ1) is 19.9. The molecule has 0 atom stereocenters.